The van der Waals surface area contributed by atoms with Gasteiger partial charge in [0.2, 0.25) is 11.8 Å². The Labute approximate surface area is 194 Å². The lowest BCUT2D eigenvalue weighted by Crippen LogP contribution is -2.33. The van der Waals surface area contributed by atoms with E-state index in [0.29, 0.717) is 18.4 Å². The molecule has 2 aliphatic rings. The van der Waals surface area contributed by atoms with Crippen LogP contribution in [0.25, 0.3) is 0 Å². The number of anilines is 1. The van der Waals surface area contributed by atoms with E-state index in [1.54, 1.807) is 0 Å². The van der Waals surface area contributed by atoms with E-state index in [1.807, 2.05) is 23.1 Å². The fourth-order valence-electron chi connectivity index (χ4n) is 4.07. The molecule has 2 amide bonds. The molecular formula is C23H23Cl2F3N2O2. The summed E-state index contributed by atoms with van der Waals surface area (Å²) in [5.74, 6) is -0.0664. The Bertz CT molecular complexity index is 1010. The molecule has 0 radical (unpaired) electrons. The molecule has 0 aromatic heterocycles. The number of primary amides is 1. The van der Waals surface area contributed by atoms with Crippen LogP contribution in [-0.2, 0) is 17.4 Å². The van der Waals surface area contributed by atoms with Gasteiger partial charge < -0.3 is 10.6 Å². The van der Waals surface area contributed by atoms with Crippen molar-refractivity contribution in [2.75, 3.05) is 11.4 Å². The summed E-state index contributed by atoms with van der Waals surface area (Å²) >= 11 is 11.5. The van der Waals surface area contributed by atoms with Crippen LogP contribution in [-0.4, -0.2) is 18.4 Å². The lowest BCUT2D eigenvalue weighted by Gasteiger charge is -2.27. The van der Waals surface area contributed by atoms with Crippen molar-refractivity contribution in [3.05, 3.63) is 63.1 Å². The minimum absolute atomic E-state index is 0.0921. The highest BCUT2D eigenvalue weighted by atomic mass is 35.5. The third kappa shape index (κ3) is 5.95. The third-order valence-corrected chi connectivity index (χ3v) is 6.26. The average molecular weight is 487 g/mol. The first kappa shape index (κ1) is 24.4. The summed E-state index contributed by atoms with van der Waals surface area (Å²) in [6.07, 6.45) is 2.55. The summed E-state index contributed by atoms with van der Waals surface area (Å²) in [5, 5.41) is 0.631. The van der Waals surface area contributed by atoms with Gasteiger partial charge in [0.25, 0.3) is 0 Å². The summed E-state index contributed by atoms with van der Waals surface area (Å²) in [6.45, 7) is 0.896. The number of carbonyl (C=O) groups excluding carboxylic acids is 2. The lowest BCUT2D eigenvalue weighted by atomic mass is 9.89. The molecule has 32 heavy (non-hydrogen) atoms. The molecule has 1 saturated carbocycles. The van der Waals surface area contributed by atoms with E-state index in [2.05, 4.69) is 0 Å². The number of amides is 2. The normalized spacial score (nSPS) is 16.4. The minimum Gasteiger partial charge on any atom is -0.366 e. The molecule has 0 unspecified atom stereocenters. The van der Waals surface area contributed by atoms with Gasteiger partial charge in [-0.25, -0.2) is 0 Å². The number of fused-ring (bicyclic) bond motifs is 1. The lowest BCUT2D eigenvalue weighted by molar-refractivity contribution is -0.137. The van der Waals surface area contributed by atoms with Crippen LogP contribution in [0.5, 0.6) is 0 Å². The summed E-state index contributed by atoms with van der Waals surface area (Å²) in [5.41, 5.74) is 5.72. The van der Waals surface area contributed by atoms with E-state index >= 15 is 0 Å². The maximum absolute atomic E-state index is 12.2. The fourth-order valence-corrected chi connectivity index (χ4v) is 4.48. The van der Waals surface area contributed by atoms with Crippen molar-refractivity contribution in [2.24, 2.45) is 11.7 Å². The molecule has 4 rings (SSSR count). The number of hydrogen-bond donors (Lipinski definition) is 1. The number of carbonyl (C=O) groups is 2. The average Bonchev–Trinajstić information content (AvgIpc) is 3.02. The Morgan fingerprint density at radius 2 is 1.75 bits per heavy atom. The monoisotopic (exact) mass is 486 g/mol. The van der Waals surface area contributed by atoms with Crippen LogP contribution in [0.1, 0.15) is 53.6 Å². The number of alkyl halides is 3. The van der Waals surface area contributed by atoms with Crippen molar-refractivity contribution in [2.45, 2.75) is 44.7 Å². The second kappa shape index (κ2) is 10.1. The smallest absolute Gasteiger partial charge is 0.366 e. The maximum Gasteiger partial charge on any atom is 0.416 e. The summed E-state index contributed by atoms with van der Waals surface area (Å²) in [6, 6.07) is 8.21. The zero-order valence-corrected chi connectivity index (χ0v) is 18.7. The van der Waals surface area contributed by atoms with Crippen molar-refractivity contribution >= 4 is 40.7 Å². The zero-order chi connectivity index (χ0) is 23.5. The minimum atomic E-state index is -4.51. The predicted octanol–water partition coefficient (Wildman–Crippen LogP) is 6.27. The Kier molecular flexibility index (Phi) is 7.72. The van der Waals surface area contributed by atoms with E-state index in [0.717, 1.165) is 35.0 Å². The number of nitrogens with two attached hydrogens (primary N) is 1. The second-order valence-electron chi connectivity index (χ2n) is 8.01. The molecule has 1 fully saturated rings. The largest absolute Gasteiger partial charge is 0.416 e. The van der Waals surface area contributed by atoms with E-state index in [4.69, 9.17) is 28.9 Å². The molecule has 1 aliphatic heterocycles. The van der Waals surface area contributed by atoms with Crippen LogP contribution in [0.4, 0.5) is 18.9 Å². The van der Waals surface area contributed by atoms with Gasteiger partial charge >= 0.3 is 6.18 Å². The van der Waals surface area contributed by atoms with Crippen LogP contribution >= 0.6 is 23.2 Å². The SMILES string of the molecule is NC(=O)c1cc(C(F)(F)F)ccc1Cl.O=C1Cc2cc(Cl)ccc2N1CC1CCCCC1. The predicted molar refractivity (Wildman–Crippen MR) is 119 cm³/mol. The fraction of sp³-hybridized carbons (Fsp3) is 0.391. The highest BCUT2D eigenvalue weighted by molar-refractivity contribution is 6.33. The number of hydrogen-bond acceptors (Lipinski definition) is 2. The Balaban J connectivity index is 0.000000188. The van der Waals surface area contributed by atoms with Gasteiger partial charge in [-0.2, -0.15) is 13.2 Å². The van der Waals surface area contributed by atoms with Gasteiger partial charge in [0, 0.05) is 17.3 Å². The second-order valence-corrected chi connectivity index (χ2v) is 8.86. The Hall–Kier alpha value is -2.25. The van der Waals surface area contributed by atoms with Gasteiger partial charge in [-0.1, -0.05) is 42.5 Å². The number of benzene rings is 2. The van der Waals surface area contributed by atoms with E-state index in [-0.39, 0.29) is 16.5 Å². The number of halogens is 5. The first-order valence-corrected chi connectivity index (χ1v) is 11.1. The molecule has 172 valence electrons. The van der Waals surface area contributed by atoms with Gasteiger partial charge in [-0.3, -0.25) is 9.59 Å². The molecule has 0 spiro atoms. The van der Waals surface area contributed by atoms with Crippen LogP contribution in [0.15, 0.2) is 36.4 Å². The molecule has 9 heteroatoms. The number of rotatable bonds is 3. The third-order valence-electron chi connectivity index (χ3n) is 5.70. The van der Waals surface area contributed by atoms with Gasteiger partial charge in [0.15, 0.2) is 0 Å². The van der Waals surface area contributed by atoms with Crippen molar-refractivity contribution in [3.8, 4) is 0 Å². The number of nitrogens with zero attached hydrogens (tertiary/aromatic N) is 1. The van der Waals surface area contributed by atoms with Crippen molar-refractivity contribution in [3.63, 3.8) is 0 Å². The molecule has 1 heterocycles. The molecule has 2 aromatic rings. The van der Waals surface area contributed by atoms with Crippen molar-refractivity contribution < 1.29 is 22.8 Å². The van der Waals surface area contributed by atoms with Gasteiger partial charge in [0.05, 0.1) is 22.6 Å². The van der Waals surface area contributed by atoms with Gasteiger partial charge in [-0.05, 0) is 60.7 Å². The zero-order valence-electron chi connectivity index (χ0n) is 17.2. The van der Waals surface area contributed by atoms with Crippen LogP contribution in [0.3, 0.4) is 0 Å². The Morgan fingerprint density at radius 3 is 2.38 bits per heavy atom. The first-order valence-electron chi connectivity index (χ1n) is 10.3. The van der Waals surface area contributed by atoms with Gasteiger partial charge in [0.1, 0.15) is 0 Å². The maximum atomic E-state index is 12.2. The topological polar surface area (TPSA) is 63.4 Å². The molecule has 0 atom stereocenters. The van der Waals surface area contributed by atoms with E-state index in [1.165, 1.54) is 32.1 Å². The van der Waals surface area contributed by atoms with E-state index in [9.17, 15) is 22.8 Å². The van der Waals surface area contributed by atoms with Crippen molar-refractivity contribution in [1.29, 1.82) is 0 Å². The molecule has 1 aliphatic carbocycles. The van der Waals surface area contributed by atoms with Gasteiger partial charge in [-0.15, -0.1) is 0 Å². The Morgan fingerprint density at radius 1 is 1.06 bits per heavy atom. The highest BCUT2D eigenvalue weighted by Crippen LogP contribution is 2.34. The summed E-state index contributed by atoms with van der Waals surface area (Å²) in [7, 11) is 0. The molecule has 0 saturated heterocycles. The van der Waals surface area contributed by atoms with E-state index < -0.39 is 17.6 Å². The highest BCUT2D eigenvalue weighted by Gasteiger charge is 2.31. The van der Waals surface area contributed by atoms with Crippen molar-refractivity contribution in [1.82, 2.24) is 0 Å². The van der Waals surface area contributed by atoms with Crippen LogP contribution in [0.2, 0.25) is 10.0 Å². The summed E-state index contributed by atoms with van der Waals surface area (Å²) < 4.78 is 36.5. The molecular weight excluding hydrogens is 464 g/mol. The standard InChI is InChI=1S/C15H18ClNO.C8H5ClF3NO/c16-13-6-7-14-12(8-13)9-15(18)17(14)10-11-4-2-1-3-5-11;9-6-2-1-4(8(10,11)12)3-5(6)7(13)14/h6-8,11H,1-5,9-10H2;1-3H,(H2,13,14). The first-order chi connectivity index (χ1) is 15.1. The molecule has 0 bridgehead atoms. The molecule has 2 aromatic carbocycles. The summed E-state index contributed by atoms with van der Waals surface area (Å²) in [4.78, 5) is 24.7. The molecule has 4 nitrogen and oxygen atoms in total. The van der Waals surface area contributed by atoms with Crippen LogP contribution in [0, 0.1) is 5.92 Å². The quantitative estimate of drug-likeness (QED) is 0.555. The molecule has 2 N–H and O–H groups in total. The van der Waals surface area contributed by atoms with Crippen LogP contribution < -0.4 is 10.6 Å².